The van der Waals surface area contributed by atoms with Gasteiger partial charge in [-0.15, -0.1) is 0 Å². The molecule has 0 aromatic heterocycles. The van der Waals surface area contributed by atoms with Crippen LogP contribution >= 0.6 is 0 Å². The molecule has 1 aromatic rings. The van der Waals surface area contributed by atoms with Crippen molar-refractivity contribution < 1.29 is 9.90 Å². The van der Waals surface area contributed by atoms with E-state index in [1.165, 1.54) is 11.1 Å². The topological polar surface area (TPSA) is 49.3 Å². The third-order valence-corrected chi connectivity index (χ3v) is 2.73. The third-order valence-electron chi connectivity index (χ3n) is 2.73. The fourth-order valence-corrected chi connectivity index (χ4v) is 1.41. The molecule has 3 heteroatoms. The average molecular weight is 221 g/mol. The van der Waals surface area contributed by atoms with Crippen molar-refractivity contribution in [3.05, 3.63) is 35.4 Å². The molecular weight excluding hydrogens is 202 g/mol. The van der Waals surface area contributed by atoms with Crippen LogP contribution in [0, 0.1) is 12.8 Å². The number of carboxylic acids is 1. The summed E-state index contributed by atoms with van der Waals surface area (Å²) >= 11 is 0. The molecule has 16 heavy (non-hydrogen) atoms. The van der Waals surface area contributed by atoms with Crippen LogP contribution in [0.4, 0.5) is 0 Å². The zero-order valence-corrected chi connectivity index (χ0v) is 10.0. The number of benzene rings is 1. The van der Waals surface area contributed by atoms with Crippen molar-refractivity contribution in [1.29, 1.82) is 0 Å². The maximum atomic E-state index is 10.7. The second-order valence-electron chi connectivity index (χ2n) is 4.28. The van der Waals surface area contributed by atoms with Crippen LogP contribution < -0.4 is 5.32 Å². The molecular formula is C13H19NO2. The molecule has 2 atom stereocenters. The van der Waals surface area contributed by atoms with E-state index in [0.717, 1.165) is 0 Å². The van der Waals surface area contributed by atoms with Gasteiger partial charge in [0.25, 0.3) is 0 Å². The van der Waals surface area contributed by atoms with Gasteiger partial charge in [0.1, 0.15) is 0 Å². The van der Waals surface area contributed by atoms with Gasteiger partial charge in [-0.25, -0.2) is 0 Å². The monoisotopic (exact) mass is 221 g/mol. The summed E-state index contributed by atoms with van der Waals surface area (Å²) in [6, 6.07) is 8.45. The minimum Gasteiger partial charge on any atom is -0.481 e. The molecule has 0 fully saturated rings. The SMILES string of the molecule is Cc1ccc([C@@H](C)NCC(C)C(=O)O)cc1. The first kappa shape index (κ1) is 12.7. The minimum absolute atomic E-state index is 0.183. The third kappa shape index (κ3) is 3.66. The first-order chi connectivity index (χ1) is 7.50. The number of aryl methyl sites for hydroxylation is 1. The van der Waals surface area contributed by atoms with Crippen LogP contribution in [-0.4, -0.2) is 17.6 Å². The number of hydrogen-bond donors (Lipinski definition) is 2. The van der Waals surface area contributed by atoms with E-state index in [0.29, 0.717) is 6.54 Å². The van der Waals surface area contributed by atoms with Crippen molar-refractivity contribution in [2.45, 2.75) is 26.8 Å². The normalized spacial score (nSPS) is 14.4. The summed E-state index contributed by atoms with van der Waals surface area (Å²) < 4.78 is 0. The predicted octanol–water partition coefficient (Wildman–Crippen LogP) is 2.37. The van der Waals surface area contributed by atoms with E-state index in [4.69, 9.17) is 5.11 Å². The van der Waals surface area contributed by atoms with Gasteiger partial charge in [-0.3, -0.25) is 4.79 Å². The van der Waals surface area contributed by atoms with E-state index in [2.05, 4.69) is 29.6 Å². The quantitative estimate of drug-likeness (QED) is 0.802. The zero-order chi connectivity index (χ0) is 12.1. The molecule has 0 amide bonds. The summed E-state index contributed by atoms with van der Waals surface area (Å²) in [6.07, 6.45) is 0. The van der Waals surface area contributed by atoms with E-state index in [1.807, 2.05) is 13.8 Å². The first-order valence-electron chi connectivity index (χ1n) is 5.53. The average Bonchev–Trinajstić information content (AvgIpc) is 2.26. The molecule has 2 N–H and O–H groups in total. The van der Waals surface area contributed by atoms with Crippen molar-refractivity contribution in [2.75, 3.05) is 6.54 Å². The van der Waals surface area contributed by atoms with Gasteiger partial charge in [0.05, 0.1) is 5.92 Å². The molecule has 88 valence electrons. The molecule has 0 spiro atoms. The Labute approximate surface area is 96.5 Å². The second-order valence-corrected chi connectivity index (χ2v) is 4.28. The highest BCUT2D eigenvalue weighted by atomic mass is 16.4. The fourth-order valence-electron chi connectivity index (χ4n) is 1.41. The number of carbonyl (C=O) groups is 1. The highest BCUT2D eigenvalue weighted by Crippen LogP contribution is 2.13. The number of aliphatic carboxylic acids is 1. The van der Waals surface area contributed by atoms with Gasteiger partial charge in [-0.1, -0.05) is 36.8 Å². The highest BCUT2D eigenvalue weighted by molar-refractivity contribution is 5.69. The van der Waals surface area contributed by atoms with Crippen LogP contribution in [0.1, 0.15) is 31.0 Å². The Hall–Kier alpha value is -1.35. The van der Waals surface area contributed by atoms with Crippen LogP contribution in [0.15, 0.2) is 24.3 Å². The van der Waals surface area contributed by atoms with Crippen LogP contribution in [0.5, 0.6) is 0 Å². The van der Waals surface area contributed by atoms with Crippen molar-refractivity contribution >= 4 is 5.97 Å². The molecule has 3 nitrogen and oxygen atoms in total. The summed E-state index contributed by atoms with van der Waals surface area (Å²) in [5.41, 5.74) is 2.41. The van der Waals surface area contributed by atoms with Crippen molar-refractivity contribution in [3.8, 4) is 0 Å². The number of carboxylic acid groups (broad SMARTS) is 1. The zero-order valence-electron chi connectivity index (χ0n) is 10.0. The van der Waals surface area contributed by atoms with Crippen LogP contribution in [0.2, 0.25) is 0 Å². The molecule has 1 rings (SSSR count). The molecule has 0 heterocycles. The van der Waals surface area contributed by atoms with E-state index in [1.54, 1.807) is 6.92 Å². The summed E-state index contributed by atoms with van der Waals surface area (Å²) in [6.45, 7) is 6.29. The molecule has 1 aromatic carbocycles. The number of rotatable bonds is 5. The van der Waals surface area contributed by atoms with Gasteiger partial charge in [-0.05, 0) is 19.4 Å². The van der Waals surface area contributed by atoms with Gasteiger partial charge in [0.15, 0.2) is 0 Å². The van der Waals surface area contributed by atoms with E-state index in [9.17, 15) is 4.79 Å². The Balaban J connectivity index is 2.49. The standard InChI is InChI=1S/C13H19NO2/c1-9-4-6-12(7-5-9)11(3)14-8-10(2)13(15)16/h4-7,10-11,14H,8H2,1-3H3,(H,15,16)/t10?,11-/m1/s1. The Kier molecular flexibility index (Phi) is 4.50. The van der Waals surface area contributed by atoms with E-state index in [-0.39, 0.29) is 12.0 Å². The van der Waals surface area contributed by atoms with E-state index >= 15 is 0 Å². The number of hydrogen-bond acceptors (Lipinski definition) is 2. The lowest BCUT2D eigenvalue weighted by Crippen LogP contribution is -2.28. The molecule has 0 aliphatic carbocycles. The molecule has 0 radical (unpaired) electrons. The fraction of sp³-hybridized carbons (Fsp3) is 0.462. The maximum Gasteiger partial charge on any atom is 0.307 e. The lowest BCUT2D eigenvalue weighted by molar-refractivity contribution is -0.140. The van der Waals surface area contributed by atoms with Crippen LogP contribution in [-0.2, 0) is 4.79 Å². The second kappa shape index (κ2) is 5.66. The molecule has 1 unspecified atom stereocenters. The van der Waals surface area contributed by atoms with Gasteiger partial charge < -0.3 is 10.4 Å². The molecule has 0 aliphatic heterocycles. The van der Waals surface area contributed by atoms with Crippen LogP contribution in [0.25, 0.3) is 0 Å². The summed E-state index contributed by atoms with van der Waals surface area (Å²) in [4.78, 5) is 10.7. The van der Waals surface area contributed by atoms with Gasteiger partial charge >= 0.3 is 5.97 Å². The van der Waals surface area contributed by atoms with Crippen LogP contribution in [0.3, 0.4) is 0 Å². The number of nitrogens with one attached hydrogen (secondary N) is 1. The lowest BCUT2D eigenvalue weighted by Gasteiger charge is -2.16. The van der Waals surface area contributed by atoms with Gasteiger partial charge in [0.2, 0.25) is 0 Å². The Morgan fingerprint density at radius 1 is 1.31 bits per heavy atom. The molecule has 0 aliphatic rings. The Morgan fingerprint density at radius 2 is 1.88 bits per heavy atom. The maximum absolute atomic E-state index is 10.7. The molecule has 0 bridgehead atoms. The predicted molar refractivity (Wildman–Crippen MR) is 64.4 cm³/mol. The highest BCUT2D eigenvalue weighted by Gasteiger charge is 2.12. The summed E-state index contributed by atoms with van der Waals surface area (Å²) in [7, 11) is 0. The summed E-state index contributed by atoms with van der Waals surface area (Å²) in [5.74, 6) is -1.11. The Morgan fingerprint density at radius 3 is 2.38 bits per heavy atom. The largest absolute Gasteiger partial charge is 0.481 e. The Bertz CT molecular complexity index is 345. The van der Waals surface area contributed by atoms with E-state index < -0.39 is 5.97 Å². The van der Waals surface area contributed by atoms with Gasteiger partial charge in [-0.2, -0.15) is 0 Å². The molecule has 0 saturated carbocycles. The molecule has 0 saturated heterocycles. The van der Waals surface area contributed by atoms with Crippen molar-refractivity contribution in [1.82, 2.24) is 5.32 Å². The van der Waals surface area contributed by atoms with Crippen molar-refractivity contribution in [3.63, 3.8) is 0 Å². The van der Waals surface area contributed by atoms with Gasteiger partial charge in [0, 0.05) is 12.6 Å². The van der Waals surface area contributed by atoms with Crippen molar-refractivity contribution in [2.24, 2.45) is 5.92 Å². The smallest absolute Gasteiger partial charge is 0.307 e. The minimum atomic E-state index is -0.761. The summed E-state index contributed by atoms with van der Waals surface area (Å²) in [5, 5.41) is 12.0. The first-order valence-corrected chi connectivity index (χ1v) is 5.53. The lowest BCUT2D eigenvalue weighted by atomic mass is 10.1.